The van der Waals surface area contributed by atoms with E-state index < -0.39 is 0 Å². The molecule has 1 heterocycles. The molecule has 6 heteroatoms. The molecular weight excluding hydrogens is 320 g/mol. The highest BCUT2D eigenvalue weighted by Gasteiger charge is 2.16. The van der Waals surface area contributed by atoms with E-state index in [1.165, 1.54) is 11.8 Å². The Morgan fingerprint density at radius 3 is 2.52 bits per heavy atom. The summed E-state index contributed by atoms with van der Waals surface area (Å²) in [6.07, 6.45) is 0. The lowest BCUT2D eigenvalue weighted by molar-refractivity contribution is -0.123. The van der Waals surface area contributed by atoms with Crippen LogP contribution >= 0.6 is 0 Å². The number of aryl methyl sites for hydroxylation is 1. The van der Waals surface area contributed by atoms with Crippen LogP contribution in [-0.2, 0) is 16.1 Å². The van der Waals surface area contributed by atoms with Crippen molar-refractivity contribution in [1.29, 1.82) is 0 Å². The van der Waals surface area contributed by atoms with E-state index in [1.807, 2.05) is 49.4 Å². The van der Waals surface area contributed by atoms with Gasteiger partial charge in [0.2, 0.25) is 18.6 Å². The summed E-state index contributed by atoms with van der Waals surface area (Å²) in [5.74, 6) is 0.976. The molecule has 0 atom stereocenters. The van der Waals surface area contributed by atoms with Crippen LogP contribution in [0.5, 0.6) is 11.5 Å². The molecule has 0 unspecified atom stereocenters. The van der Waals surface area contributed by atoms with Gasteiger partial charge in [0.05, 0.1) is 0 Å². The van der Waals surface area contributed by atoms with Crippen LogP contribution in [0.3, 0.4) is 0 Å². The lowest BCUT2D eigenvalue weighted by Gasteiger charge is -2.21. The molecule has 3 rings (SSSR count). The number of nitrogens with zero attached hydrogens (tertiary/aromatic N) is 1. The topological polar surface area (TPSA) is 67.9 Å². The number of fused-ring (bicyclic) bond motifs is 1. The second-order valence-electron chi connectivity index (χ2n) is 5.91. The molecule has 1 aliphatic heterocycles. The van der Waals surface area contributed by atoms with Gasteiger partial charge in [0.25, 0.3) is 0 Å². The zero-order valence-electron chi connectivity index (χ0n) is 14.2. The zero-order valence-corrected chi connectivity index (χ0v) is 14.2. The number of hydrogen-bond acceptors (Lipinski definition) is 4. The standard InChI is InChI=1S/C19H20N2O4/c1-13-3-6-16(7-4-13)21(14(2)22)11-19(23)20-10-15-5-8-17-18(9-15)25-12-24-17/h3-9H,10-12H2,1-2H3,(H,20,23). The molecule has 0 bridgehead atoms. The van der Waals surface area contributed by atoms with E-state index >= 15 is 0 Å². The van der Waals surface area contributed by atoms with E-state index in [2.05, 4.69) is 5.32 Å². The van der Waals surface area contributed by atoms with Gasteiger partial charge in [-0.2, -0.15) is 0 Å². The SMILES string of the molecule is CC(=O)N(CC(=O)NCc1ccc2c(c1)OCO2)c1ccc(C)cc1. The van der Waals surface area contributed by atoms with Crippen LogP contribution in [-0.4, -0.2) is 25.2 Å². The van der Waals surface area contributed by atoms with Gasteiger partial charge in [0.1, 0.15) is 6.54 Å². The van der Waals surface area contributed by atoms with Crippen LogP contribution in [0.4, 0.5) is 5.69 Å². The third kappa shape index (κ3) is 4.09. The van der Waals surface area contributed by atoms with Crippen LogP contribution < -0.4 is 19.7 Å². The number of rotatable bonds is 5. The molecule has 6 nitrogen and oxygen atoms in total. The Morgan fingerprint density at radius 1 is 1.08 bits per heavy atom. The molecule has 0 fully saturated rings. The largest absolute Gasteiger partial charge is 0.454 e. The summed E-state index contributed by atoms with van der Waals surface area (Å²) >= 11 is 0. The average Bonchev–Trinajstić information content (AvgIpc) is 3.06. The summed E-state index contributed by atoms with van der Waals surface area (Å²) in [4.78, 5) is 25.6. The lowest BCUT2D eigenvalue weighted by Crippen LogP contribution is -2.39. The van der Waals surface area contributed by atoms with E-state index in [0.717, 1.165) is 11.1 Å². The fourth-order valence-electron chi connectivity index (χ4n) is 2.56. The number of amides is 2. The maximum absolute atomic E-state index is 12.2. The molecule has 0 aliphatic carbocycles. The summed E-state index contributed by atoms with van der Waals surface area (Å²) in [6.45, 7) is 3.97. The van der Waals surface area contributed by atoms with Crippen molar-refractivity contribution in [2.24, 2.45) is 0 Å². The summed E-state index contributed by atoms with van der Waals surface area (Å²) in [6, 6.07) is 13.0. The third-order valence-corrected chi connectivity index (χ3v) is 3.95. The second-order valence-corrected chi connectivity index (χ2v) is 5.91. The Hall–Kier alpha value is -3.02. The highest BCUT2D eigenvalue weighted by Crippen LogP contribution is 2.32. The van der Waals surface area contributed by atoms with E-state index in [-0.39, 0.29) is 25.2 Å². The van der Waals surface area contributed by atoms with Gasteiger partial charge in [0.15, 0.2) is 11.5 Å². The van der Waals surface area contributed by atoms with Crippen molar-refractivity contribution in [3.8, 4) is 11.5 Å². The third-order valence-electron chi connectivity index (χ3n) is 3.95. The maximum atomic E-state index is 12.2. The first-order valence-electron chi connectivity index (χ1n) is 8.03. The summed E-state index contributed by atoms with van der Waals surface area (Å²) in [5.41, 5.74) is 2.71. The molecular formula is C19H20N2O4. The van der Waals surface area contributed by atoms with Gasteiger partial charge in [-0.25, -0.2) is 0 Å². The Bertz CT molecular complexity index is 787. The number of nitrogens with one attached hydrogen (secondary N) is 1. The fraction of sp³-hybridized carbons (Fsp3) is 0.263. The molecule has 1 aliphatic rings. The fourth-order valence-corrected chi connectivity index (χ4v) is 2.56. The van der Waals surface area contributed by atoms with E-state index in [9.17, 15) is 9.59 Å². The van der Waals surface area contributed by atoms with Gasteiger partial charge in [-0.3, -0.25) is 9.59 Å². The number of anilines is 1. The van der Waals surface area contributed by atoms with Crippen molar-refractivity contribution in [1.82, 2.24) is 5.32 Å². The van der Waals surface area contributed by atoms with Crippen LogP contribution in [0.1, 0.15) is 18.1 Å². The molecule has 2 aromatic rings. The Kier molecular flexibility index (Phi) is 4.88. The predicted octanol–water partition coefficient (Wildman–Crippen LogP) is 2.39. The van der Waals surface area contributed by atoms with Gasteiger partial charge in [-0.05, 0) is 36.8 Å². The van der Waals surface area contributed by atoms with Crippen molar-refractivity contribution in [3.63, 3.8) is 0 Å². The molecule has 0 radical (unpaired) electrons. The molecule has 1 N–H and O–H groups in total. The number of hydrogen-bond donors (Lipinski definition) is 1. The van der Waals surface area contributed by atoms with Gasteiger partial charge in [-0.15, -0.1) is 0 Å². The predicted molar refractivity (Wildman–Crippen MR) is 93.6 cm³/mol. The van der Waals surface area contributed by atoms with Crippen LogP contribution in [0.15, 0.2) is 42.5 Å². The zero-order chi connectivity index (χ0) is 17.8. The smallest absolute Gasteiger partial charge is 0.240 e. The number of ether oxygens (including phenoxy) is 2. The van der Waals surface area contributed by atoms with E-state index in [0.29, 0.717) is 23.7 Å². The Labute approximate surface area is 146 Å². The molecule has 0 spiro atoms. The first kappa shape index (κ1) is 16.8. The molecule has 130 valence electrons. The average molecular weight is 340 g/mol. The van der Waals surface area contributed by atoms with Gasteiger partial charge >= 0.3 is 0 Å². The number of carbonyl (C=O) groups excluding carboxylic acids is 2. The van der Waals surface area contributed by atoms with Crippen LogP contribution in [0, 0.1) is 6.92 Å². The number of carbonyl (C=O) groups is 2. The van der Waals surface area contributed by atoms with Gasteiger partial charge < -0.3 is 19.7 Å². The molecule has 2 aromatic carbocycles. The minimum absolute atomic E-state index is 0.0249. The van der Waals surface area contributed by atoms with Crippen molar-refractivity contribution in [3.05, 3.63) is 53.6 Å². The lowest BCUT2D eigenvalue weighted by atomic mass is 10.2. The Balaban J connectivity index is 1.60. The van der Waals surface area contributed by atoms with E-state index in [4.69, 9.17) is 9.47 Å². The molecule has 0 saturated carbocycles. The summed E-state index contributed by atoms with van der Waals surface area (Å²) in [7, 11) is 0. The monoisotopic (exact) mass is 340 g/mol. The number of benzene rings is 2. The minimum atomic E-state index is -0.228. The van der Waals surface area contributed by atoms with Crippen molar-refractivity contribution in [2.45, 2.75) is 20.4 Å². The van der Waals surface area contributed by atoms with Crippen LogP contribution in [0.25, 0.3) is 0 Å². The maximum Gasteiger partial charge on any atom is 0.240 e. The first-order chi connectivity index (χ1) is 12.0. The normalized spacial score (nSPS) is 11.9. The molecule has 0 aromatic heterocycles. The Morgan fingerprint density at radius 2 is 1.80 bits per heavy atom. The highest BCUT2D eigenvalue weighted by atomic mass is 16.7. The second kappa shape index (κ2) is 7.25. The highest BCUT2D eigenvalue weighted by molar-refractivity contribution is 5.97. The quantitative estimate of drug-likeness (QED) is 0.907. The van der Waals surface area contributed by atoms with Crippen LogP contribution in [0.2, 0.25) is 0 Å². The van der Waals surface area contributed by atoms with Gasteiger partial charge in [-0.1, -0.05) is 23.8 Å². The van der Waals surface area contributed by atoms with Gasteiger partial charge in [0, 0.05) is 19.2 Å². The van der Waals surface area contributed by atoms with Crippen molar-refractivity contribution >= 4 is 17.5 Å². The first-order valence-corrected chi connectivity index (χ1v) is 8.03. The molecule has 25 heavy (non-hydrogen) atoms. The van der Waals surface area contributed by atoms with E-state index in [1.54, 1.807) is 0 Å². The summed E-state index contributed by atoms with van der Waals surface area (Å²) in [5, 5.41) is 2.83. The minimum Gasteiger partial charge on any atom is -0.454 e. The molecule has 2 amide bonds. The van der Waals surface area contributed by atoms with Crippen molar-refractivity contribution in [2.75, 3.05) is 18.2 Å². The van der Waals surface area contributed by atoms with Crippen molar-refractivity contribution < 1.29 is 19.1 Å². The molecule has 0 saturated heterocycles. The summed E-state index contributed by atoms with van der Waals surface area (Å²) < 4.78 is 10.6.